The molecule has 6 nitrogen and oxygen atoms in total. The van der Waals surface area contributed by atoms with Crippen molar-refractivity contribution >= 4 is 15.7 Å². The van der Waals surface area contributed by atoms with Crippen LogP contribution in [-0.2, 0) is 36.2 Å². The maximum Gasteiger partial charge on any atom is 0.419 e. The number of nitrogens with one attached hydrogen (secondary N) is 2. The minimum atomic E-state index is -4.83. The Morgan fingerprint density at radius 2 is 2.06 bits per heavy atom. The molecule has 0 saturated heterocycles. The maximum atomic E-state index is 13.5. The number of aliphatic hydroxyl groups excluding tert-OH is 1. The van der Waals surface area contributed by atoms with Crippen LogP contribution in [0.3, 0.4) is 0 Å². The molecule has 0 aliphatic carbocycles. The third-order valence-electron chi connectivity index (χ3n) is 5.62. The highest BCUT2D eigenvalue weighted by atomic mass is 32.2. The number of benzene rings is 1. The van der Waals surface area contributed by atoms with E-state index in [-0.39, 0.29) is 23.5 Å². The second kappa shape index (κ2) is 7.95. The average molecular weight is 461 g/mol. The van der Waals surface area contributed by atoms with Gasteiger partial charge in [-0.2, -0.15) is 17.9 Å². The number of anilines is 1. The van der Waals surface area contributed by atoms with Gasteiger partial charge in [-0.3, -0.25) is 0 Å². The smallest absolute Gasteiger partial charge is 0.394 e. The Morgan fingerprint density at radius 3 is 2.65 bits per heavy atom. The standard InChI is InChI=1S/C20H23F4N3O3S/c1-12(2)19(11-28)7-6-14-17(27(3)10-18(14)31(29,30)26-19)9-25-13-4-5-16(21)15(8-13)20(22,23)24/h4-5,8,10,25-26,28H,1,6-7,9,11H2,2-3H3/t19-/m0/s1. The van der Waals surface area contributed by atoms with Gasteiger partial charge in [0.15, 0.2) is 0 Å². The van der Waals surface area contributed by atoms with Crippen molar-refractivity contribution in [2.45, 2.75) is 42.9 Å². The fourth-order valence-electron chi connectivity index (χ4n) is 3.70. The summed E-state index contributed by atoms with van der Waals surface area (Å²) in [7, 11) is -2.35. The molecule has 31 heavy (non-hydrogen) atoms. The van der Waals surface area contributed by atoms with Crippen LogP contribution in [0.15, 0.2) is 41.4 Å². The van der Waals surface area contributed by atoms with Gasteiger partial charge in [-0.05, 0) is 43.5 Å². The number of fused-ring (bicyclic) bond motifs is 1. The first-order valence-corrected chi connectivity index (χ1v) is 10.9. The number of alkyl halides is 3. The minimum Gasteiger partial charge on any atom is -0.394 e. The van der Waals surface area contributed by atoms with Crippen molar-refractivity contribution < 1.29 is 31.1 Å². The zero-order chi connectivity index (χ0) is 23.2. The van der Waals surface area contributed by atoms with Gasteiger partial charge >= 0.3 is 6.18 Å². The van der Waals surface area contributed by atoms with Gasteiger partial charge in [-0.15, -0.1) is 0 Å². The van der Waals surface area contributed by atoms with Crippen LogP contribution in [0, 0.1) is 5.82 Å². The fourth-order valence-corrected chi connectivity index (χ4v) is 5.51. The molecule has 11 heteroatoms. The average Bonchev–Trinajstić information content (AvgIpc) is 2.93. The second-order valence-corrected chi connectivity index (χ2v) is 9.35. The van der Waals surface area contributed by atoms with Gasteiger partial charge in [0, 0.05) is 24.6 Å². The summed E-state index contributed by atoms with van der Waals surface area (Å²) in [4.78, 5) is 0.0402. The molecule has 1 aromatic heterocycles. The molecule has 0 spiro atoms. The van der Waals surface area contributed by atoms with Crippen LogP contribution >= 0.6 is 0 Å². The zero-order valence-electron chi connectivity index (χ0n) is 17.0. The fraction of sp³-hybridized carbons (Fsp3) is 0.400. The van der Waals surface area contributed by atoms with Gasteiger partial charge in [0.1, 0.15) is 10.7 Å². The Bertz CT molecular complexity index is 1130. The molecule has 3 N–H and O–H groups in total. The van der Waals surface area contributed by atoms with E-state index >= 15 is 0 Å². The molecule has 1 aromatic carbocycles. The molecule has 2 heterocycles. The molecule has 3 rings (SSSR count). The molecule has 0 unspecified atom stereocenters. The lowest BCUT2D eigenvalue weighted by Crippen LogP contribution is -2.51. The maximum absolute atomic E-state index is 13.5. The molecule has 1 atom stereocenters. The lowest BCUT2D eigenvalue weighted by Gasteiger charge is -2.31. The molecule has 0 amide bonds. The van der Waals surface area contributed by atoms with E-state index in [2.05, 4.69) is 16.6 Å². The van der Waals surface area contributed by atoms with Crippen LogP contribution in [0.4, 0.5) is 23.2 Å². The van der Waals surface area contributed by atoms with Crippen molar-refractivity contribution in [3.63, 3.8) is 0 Å². The number of rotatable bonds is 5. The van der Waals surface area contributed by atoms with Crippen LogP contribution < -0.4 is 10.0 Å². The van der Waals surface area contributed by atoms with E-state index < -0.39 is 39.7 Å². The molecule has 0 fully saturated rings. The van der Waals surface area contributed by atoms with E-state index in [0.717, 1.165) is 6.07 Å². The monoisotopic (exact) mass is 461 g/mol. The number of nitrogens with zero attached hydrogens (tertiary/aromatic N) is 1. The largest absolute Gasteiger partial charge is 0.419 e. The normalized spacial score (nSPS) is 20.7. The van der Waals surface area contributed by atoms with Crippen molar-refractivity contribution in [1.82, 2.24) is 9.29 Å². The van der Waals surface area contributed by atoms with Crippen molar-refractivity contribution in [1.29, 1.82) is 0 Å². The molecule has 2 aromatic rings. The summed E-state index contributed by atoms with van der Waals surface area (Å²) >= 11 is 0. The lowest BCUT2D eigenvalue weighted by molar-refractivity contribution is -0.139. The van der Waals surface area contributed by atoms with E-state index in [1.54, 1.807) is 18.5 Å². The highest BCUT2D eigenvalue weighted by molar-refractivity contribution is 7.89. The van der Waals surface area contributed by atoms with Gasteiger partial charge in [-0.25, -0.2) is 12.8 Å². The van der Waals surface area contributed by atoms with Crippen LogP contribution in [0.25, 0.3) is 0 Å². The third kappa shape index (κ3) is 4.35. The Morgan fingerprint density at radius 1 is 1.39 bits per heavy atom. The molecule has 1 aliphatic rings. The Labute approximate surface area is 177 Å². The number of hydrogen-bond donors (Lipinski definition) is 3. The first kappa shape index (κ1) is 23.3. The Balaban J connectivity index is 1.94. The summed E-state index contributed by atoms with van der Waals surface area (Å²) in [5.41, 5.74) is -1.02. The summed E-state index contributed by atoms with van der Waals surface area (Å²) < 4.78 is 82.4. The highest BCUT2D eigenvalue weighted by Gasteiger charge is 2.40. The number of aromatic nitrogens is 1. The van der Waals surface area contributed by atoms with E-state index in [1.807, 2.05) is 0 Å². The first-order chi connectivity index (χ1) is 14.3. The molecule has 0 bridgehead atoms. The van der Waals surface area contributed by atoms with Gasteiger partial charge in [0.05, 0.1) is 24.3 Å². The Hall–Kier alpha value is -2.37. The van der Waals surface area contributed by atoms with Gasteiger partial charge < -0.3 is 15.0 Å². The summed E-state index contributed by atoms with van der Waals surface area (Å²) in [5, 5.41) is 12.7. The van der Waals surface area contributed by atoms with Gasteiger partial charge in [-0.1, -0.05) is 12.2 Å². The zero-order valence-corrected chi connectivity index (χ0v) is 17.8. The summed E-state index contributed by atoms with van der Waals surface area (Å²) in [6.07, 6.45) is -2.85. The SMILES string of the molecule is C=C(C)[C@@]1(CO)CCc2c(cn(C)c2CNc2ccc(F)c(C(F)(F)F)c2)S(=O)(=O)N1. The second-order valence-electron chi connectivity index (χ2n) is 7.70. The number of halogens is 4. The molecular weight excluding hydrogens is 438 g/mol. The topological polar surface area (TPSA) is 83.4 Å². The number of hydrogen-bond acceptors (Lipinski definition) is 4. The van der Waals surface area contributed by atoms with Crippen LogP contribution in [0.2, 0.25) is 0 Å². The third-order valence-corrected chi connectivity index (χ3v) is 7.21. The van der Waals surface area contributed by atoms with Crippen LogP contribution in [-0.4, -0.2) is 30.2 Å². The lowest BCUT2D eigenvalue weighted by atomic mass is 9.87. The van der Waals surface area contributed by atoms with Crippen LogP contribution in [0.5, 0.6) is 0 Å². The summed E-state index contributed by atoms with van der Waals surface area (Å²) in [6, 6.07) is 2.59. The Kier molecular flexibility index (Phi) is 5.98. The van der Waals surface area contributed by atoms with Gasteiger partial charge in [0.2, 0.25) is 10.0 Å². The number of aliphatic hydroxyl groups is 1. The highest BCUT2D eigenvalue weighted by Crippen LogP contribution is 2.35. The van der Waals surface area contributed by atoms with Crippen molar-refractivity contribution in [2.75, 3.05) is 11.9 Å². The summed E-state index contributed by atoms with van der Waals surface area (Å²) in [6.45, 7) is 4.99. The molecular formula is C20H23F4N3O3S. The molecule has 1 aliphatic heterocycles. The van der Waals surface area contributed by atoms with E-state index in [0.29, 0.717) is 29.3 Å². The molecule has 0 radical (unpaired) electrons. The van der Waals surface area contributed by atoms with E-state index in [1.165, 1.54) is 12.3 Å². The van der Waals surface area contributed by atoms with E-state index in [9.17, 15) is 31.1 Å². The predicted molar refractivity (Wildman–Crippen MR) is 107 cm³/mol. The van der Waals surface area contributed by atoms with Crippen molar-refractivity contribution in [3.05, 3.63) is 59.2 Å². The van der Waals surface area contributed by atoms with Gasteiger partial charge in [0.25, 0.3) is 0 Å². The molecule has 0 saturated carbocycles. The predicted octanol–water partition coefficient (Wildman–Crippen LogP) is 3.33. The quantitative estimate of drug-likeness (QED) is 0.471. The minimum absolute atomic E-state index is 0.0173. The molecule has 170 valence electrons. The van der Waals surface area contributed by atoms with Crippen molar-refractivity contribution in [2.24, 2.45) is 7.05 Å². The first-order valence-electron chi connectivity index (χ1n) is 9.39. The van der Waals surface area contributed by atoms with Crippen molar-refractivity contribution in [3.8, 4) is 0 Å². The summed E-state index contributed by atoms with van der Waals surface area (Å²) in [5.74, 6) is -1.37. The van der Waals surface area contributed by atoms with Crippen LogP contribution in [0.1, 0.15) is 30.2 Å². The van der Waals surface area contributed by atoms with E-state index in [4.69, 9.17) is 0 Å². The number of sulfonamides is 1. The number of aryl methyl sites for hydroxylation is 1.